The van der Waals surface area contributed by atoms with Gasteiger partial charge in [0, 0.05) is 44.9 Å². The molecule has 1 N–H and O–H groups in total. The van der Waals surface area contributed by atoms with Crippen molar-refractivity contribution in [3.8, 4) is 0 Å². The molecule has 0 spiro atoms. The van der Waals surface area contributed by atoms with Gasteiger partial charge < -0.3 is 10.2 Å². The maximum Gasteiger partial charge on any atom is 0.255 e. The number of carbonyl (C=O) groups excluding carboxylic acids is 2. The summed E-state index contributed by atoms with van der Waals surface area (Å²) in [6.45, 7) is 2.53. The fourth-order valence-electron chi connectivity index (χ4n) is 3.21. The van der Waals surface area contributed by atoms with Gasteiger partial charge in [0.1, 0.15) is 0 Å². The number of para-hydroxylation sites is 1. The normalized spacial score (nSPS) is 16.1. The molecule has 2 aromatic rings. The third-order valence-electron chi connectivity index (χ3n) is 4.86. The summed E-state index contributed by atoms with van der Waals surface area (Å²) >= 11 is 0. The minimum Gasteiger partial charge on any atom is -0.340 e. The van der Waals surface area contributed by atoms with Crippen molar-refractivity contribution in [3.63, 3.8) is 0 Å². The average molecular weight is 450 g/mol. The third kappa shape index (κ3) is 4.77. The molecule has 160 valence electrons. The number of piperazine rings is 1. The lowest BCUT2D eigenvalue weighted by atomic mass is 10.2. The van der Waals surface area contributed by atoms with Crippen molar-refractivity contribution >= 4 is 38.3 Å². The van der Waals surface area contributed by atoms with E-state index < -0.39 is 26.7 Å². The number of hydrogen-bond acceptors (Lipinski definition) is 5. The maximum atomic E-state index is 13.0. The van der Waals surface area contributed by atoms with Crippen LogP contribution in [0.25, 0.3) is 0 Å². The van der Waals surface area contributed by atoms with Crippen LogP contribution in [0.1, 0.15) is 17.3 Å². The van der Waals surface area contributed by atoms with Gasteiger partial charge in [-0.2, -0.15) is 4.31 Å². The van der Waals surface area contributed by atoms with Gasteiger partial charge >= 0.3 is 0 Å². The Morgan fingerprint density at radius 2 is 1.67 bits per heavy atom. The van der Waals surface area contributed by atoms with Gasteiger partial charge in [-0.25, -0.2) is 8.42 Å². The second-order valence-electron chi connectivity index (χ2n) is 6.84. The molecule has 2 aromatic carbocycles. The summed E-state index contributed by atoms with van der Waals surface area (Å²) in [5.41, 5.74) is 0.590. The van der Waals surface area contributed by atoms with Crippen molar-refractivity contribution < 1.29 is 22.2 Å². The Morgan fingerprint density at radius 1 is 1.00 bits per heavy atom. The Morgan fingerprint density at radius 3 is 2.30 bits per heavy atom. The molecule has 30 heavy (non-hydrogen) atoms. The van der Waals surface area contributed by atoms with Crippen molar-refractivity contribution in [1.29, 1.82) is 0 Å². The molecular weight excluding hydrogens is 426 g/mol. The highest BCUT2D eigenvalue weighted by Gasteiger charge is 2.29. The molecule has 1 aliphatic rings. The Labute approximate surface area is 178 Å². The molecule has 1 atom stereocenters. The van der Waals surface area contributed by atoms with Crippen LogP contribution in [0.15, 0.2) is 58.3 Å². The lowest BCUT2D eigenvalue weighted by molar-refractivity contribution is -0.129. The number of sulfonamides is 1. The van der Waals surface area contributed by atoms with Crippen LogP contribution in [0.5, 0.6) is 0 Å². The standard InChI is InChI=1S/C20H23N3O5S2/c1-15(24)22-10-12-23(13-11-22)30(27,28)17-7-5-6-16(14-17)20(25)21-18-8-3-4-9-19(18)29(2)26/h3-9,14H,10-13H2,1-2H3,(H,21,25). The van der Waals surface area contributed by atoms with Crippen molar-refractivity contribution in [1.82, 2.24) is 9.21 Å². The predicted octanol–water partition coefficient (Wildman–Crippen LogP) is 1.53. The Balaban J connectivity index is 1.80. The molecule has 1 aliphatic heterocycles. The average Bonchev–Trinajstić information content (AvgIpc) is 2.74. The molecular formula is C20H23N3O5S2. The van der Waals surface area contributed by atoms with Crippen molar-refractivity contribution in [3.05, 3.63) is 54.1 Å². The molecule has 10 heteroatoms. The zero-order valence-corrected chi connectivity index (χ0v) is 18.3. The first-order valence-electron chi connectivity index (χ1n) is 9.29. The number of carbonyl (C=O) groups is 2. The van der Waals surface area contributed by atoms with E-state index in [0.29, 0.717) is 23.7 Å². The summed E-state index contributed by atoms with van der Waals surface area (Å²) in [6.07, 6.45) is 1.52. The molecule has 1 heterocycles. The van der Waals surface area contributed by atoms with E-state index in [0.717, 1.165) is 0 Å². The van der Waals surface area contributed by atoms with Gasteiger partial charge in [0.25, 0.3) is 5.91 Å². The summed E-state index contributed by atoms with van der Waals surface area (Å²) in [5.74, 6) is -0.578. The van der Waals surface area contributed by atoms with Crippen LogP contribution >= 0.6 is 0 Å². The highest BCUT2D eigenvalue weighted by atomic mass is 32.2. The fourth-order valence-corrected chi connectivity index (χ4v) is 5.37. The van der Waals surface area contributed by atoms with E-state index in [1.54, 1.807) is 29.2 Å². The largest absolute Gasteiger partial charge is 0.340 e. The Hall–Kier alpha value is -2.56. The van der Waals surface area contributed by atoms with E-state index in [9.17, 15) is 22.2 Å². The number of nitrogens with zero attached hydrogens (tertiary/aromatic N) is 2. The van der Waals surface area contributed by atoms with E-state index in [2.05, 4.69) is 5.32 Å². The second kappa shape index (κ2) is 9.07. The predicted molar refractivity (Wildman–Crippen MR) is 114 cm³/mol. The summed E-state index contributed by atoms with van der Waals surface area (Å²) in [6, 6.07) is 12.5. The van der Waals surface area contributed by atoms with Crippen LogP contribution in [-0.2, 0) is 25.6 Å². The lowest BCUT2D eigenvalue weighted by Crippen LogP contribution is -2.49. The van der Waals surface area contributed by atoms with E-state index in [1.807, 2.05) is 0 Å². The summed E-state index contributed by atoms with van der Waals surface area (Å²) in [4.78, 5) is 26.3. The quantitative estimate of drug-likeness (QED) is 0.746. The number of hydrogen-bond donors (Lipinski definition) is 1. The van der Waals surface area contributed by atoms with Gasteiger partial charge in [-0.05, 0) is 30.3 Å². The lowest BCUT2D eigenvalue weighted by Gasteiger charge is -2.33. The van der Waals surface area contributed by atoms with E-state index in [-0.39, 0.29) is 29.5 Å². The van der Waals surface area contributed by atoms with Gasteiger partial charge in [-0.15, -0.1) is 0 Å². The molecule has 3 rings (SSSR count). The highest BCUT2D eigenvalue weighted by molar-refractivity contribution is 7.89. The third-order valence-corrected chi connectivity index (χ3v) is 7.73. The van der Waals surface area contributed by atoms with Crippen molar-refractivity contribution in [2.24, 2.45) is 0 Å². The molecule has 0 aliphatic carbocycles. The van der Waals surface area contributed by atoms with Crippen LogP contribution < -0.4 is 5.32 Å². The molecule has 0 aromatic heterocycles. The molecule has 1 fully saturated rings. The fraction of sp³-hybridized carbons (Fsp3) is 0.300. The van der Waals surface area contributed by atoms with Crippen LogP contribution in [0.3, 0.4) is 0 Å². The zero-order chi connectivity index (χ0) is 21.9. The van der Waals surface area contributed by atoms with E-state index in [1.165, 1.54) is 41.8 Å². The molecule has 0 radical (unpaired) electrons. The molecule has 0 bridgehead atoms. The molecule has 0 saturated carbocycles. The first-order chi connectivity index (χ1) is 14.2. The van der Waals surface area contributed by atoms with Crippen molar-refractivity contribution in [2.45, 2.75) is 16.7 Å². The summed E-state index contributed by atoms with van der Waals surface area (Å²) in [5, 5.41) is 2.70. The summed E-state index contributed by atoms with van der Waals surface area (Å²) in [7, 11) is -5.08. The van der Waals surface area contributed by atoms with E-state index in [4.69, 9.17) is 0 Å². The number of nitrogens with one attached hydrogen (secondary N) is 1. The number of anilines is 1. The van der Waals surface area contributed by atoms with Crippen molar-refractivity contribution in [2.75, 3.05) is 37.8 Å². The smallest absolute Gasteiger partial charge is 0.255 e. The first kappa shape index (κ1) is 22.1. The summed E-state index contributed by atoms with van der Waals surface area (Å²) < 4.78 is 39.2. The molecule has 1 unspecified atom stereocenters. The van der Waals surface area contributed by atoms with Gasteiger partial charge in [0.2, 0.25) is 15.9 Å². The van der Waals surface area contributed by atoms with Gasteiger partial charge in [0.05, 0.1) is 26.3 Å². The van der Waals surface area contributed by atoms with Crippen LogP contribution in [-0.4, -0.2) is 66.1 Å². The molecule has 8 nitrogen and oxygen atoms in total. The maximum absolute atomic E-state index is 13.0. The molecule has 2 amide bonds. The monoisotopic (exact) mass is 449 g/mol. The zero-order valence-electron chi connectivity index (χ0n) is 16.7. The molecule has 1 saturated heterocycles. The minimum atomic E-state index is -3.79. The van der Waals surface area contributed by atoms with Crippen LogP contribution in [0, 0.1) is 0 Å². The van der Waals surface area contributed by atoms with Crippen LogP contribution in [0.4, 0.5) is 5.69 Å². The Bertz CT molecular complexity index is 1090. The SMILES string of the molecule is CC(=O)N1CCN(S(=O)(=O)c2cccc(C(=O)Nc3ccccc3S(C)=O)c2)CC1. The minimum absolute atomic E-state index is 0.0128. The van der Waals surface area contributed by atoms with Gasteiger partial charge in [-0.1, -0.05) is 18.2 Å². The topological polar surface area (TPSA) is 104 Å². The first-order valence-corrected chi connectivity index (χ1v) is 12.3. The second-order valence-corrected chi connectivity index (χ2v) is 10.1. The number of benzene rings is 2. The highest BCUT2D eigenvalue weighted by Crippen LogP contribution is 2.22. The number of rotatable bonds is 5. The van der Waals surface area contributed by atoms with Crippen LogP contribution in [0.2, 0.25) is 0 Å². The Kier molecular flexibility index (Phi) is 6.69. The van der Waals surface area contributed by atoms with Gasteiger partial charge in [-0.3, -0.25) is 13.8 Å². The number of amides is 2. The van der Waals surface area contributed by atoms with E-state index >= 15 is 0 Å². The van der Waals surface area contributed by atoms with Gasteiger partial charge in [0.15, 0.2) is 0 Å².